The molecule has 0 atom stereocenters. The minimum Gasteiger partial charge on any atom is -0.382 e. The Labute approximate surface area is 144 Å². The van der Waals surface area contributed by atoms with E-state index in [1.165, 1.54) is 22.2 Å². The third kappa shape index (κ3) is 3.43. The lowest BCUT2D eigenvalue weighted by molar-refractivity contribution is 0.672. The molecule has 0 aliphatic rings. The summed E-state index contributed by atoms with van der Waals surface area (Å²) in [5, 5.41) is 4.91. The van der Waals surface area contributed by atoms with Gasteiger partial charge in [0.2, 0.25) is 0 Å². The quantitative estimate of drug-likeness (QED) is 0.597. The van der Waals surface area contributed by atoms with Crippen molar-refractivity contribution < 1.29 is 0 Å². The lowest BCUT2D eigenvalue weighted by atomic mass is 10.0. The second kappa shape index (κ2) is 7.48. The molecule has 0 fully saturated rings. The van der Waals surface area contributed by atoms with Gasteiger partial charge in [-0.3, -0.25) is 0 Å². The molecule has 1 N–H and O–H groups in total. The summed E-state index contributed by atoms with van der Waals surface area (Å²) in [6.45, 7) is 6.64. The van der Waals surface area contributed by atoms with Gasteiger partial charge in [-0.1, -0.05) is 63.2 Å². The average Bonchev–Trinajstić information content (AvgIpc) is 2.65. The van der Waals surface area contributed by atoms with E-state index in [-0.39, 0.29) is 0 Å². The van der Waals surface area contributed by atoms with Crippen LogP contribution in [-0.2, 0) is 6.42 Å². The van der Waals surface area contributed by atoms with Crippen molar-refractivity contribution in [3.8, 4) is 11.3 Å². The number of aromatic nitrogens is 1. The number of nitrogens with one attached hydrogen (secondary N) is 1. The Hall–Kier alpha value is -2.35. The predicted molar refractivity (Wildman–Crippen MR) is 105 cm³/mol. The fourth-order valence-electron chi connectivity index (χ4n) is 3.07. The number of anilines is 1. The van der Waals surface area contributed by atoms with Crippen LogP contribution in [0.1, 0.15) is 39.2 Å². The van der Waals surface area contributed by atoms with E-state index in [1.54, 1.807) is 0 Å². The predicted octanol–water partition coefficient (Wildman–Crippen LogP) is 6.06. The van der Waals surface area contributed by atoms with Crippen molar-refractivity contribution in [2.45, 2.75) is 46.1 Å². The zero-order chi connectivity index (χ0) is 16.9. The Morgan fingerprint density at radius 2 is 1.62 bits per heavy atom. The SMILES string of the molecule is CCc1ccc(-c2cc(NC(CC)CC)c3ccccc3n2)cc1. The number of para-hydroxylation sites is 1. The molecule has 2 aromatic carbocycles. The van der Waals surface area contributed by atoms with E-state index < -0.39 is 0 Å². The smallest absolute Gasteiger partial charge is 0.0730 e. The largest absolute Gasteiger partial charge is 0.382 e. The van der Waals surface area contributed by atoms with E-state index >= 15 is 0 Å². The maximum absolute atomic E-state index is 4.88. The fourth-order valence-corrected chi connectivity index (χ4v) is 3.07. The van der Waals surface area contributed by atoms with Gasteiger partial charge in [-0.25, -0.2) is 4.98 Å². The van der Waals surface area contributed by atoms with Gasteiger partial charge in [0.15, 0.2) is 0 Å². The first-order chi connectivity index (χ1) is 11.7. The van der Waals surface area contributed by atoms with E-state index in [0.29, 0.717) is 6.04 Å². The molecule has 24 heavy (non-hydrogen) atoms. The molecule has 0 saturated heterocycles. The Morgan fingerprint density at radius 1 is 0.917 bits per heavy atom. The molecule has 0 aliphatic carbocycles. The van der Waals surface area contributed by atoms with Gasteiger partial charge in [0, 0.05) is 22.7 Å². The standard InChI is InChI=1S/C22H26N2/c1-4-16-11-13-17(14-12-16)21-15-22(23-18(5-2)6-3)19-9-7-8-10-20(19)24-21/h7-15,18H,4-6H2,1-3H3,(H,23,24). The topological polar surface area (TPSA) is 24.9 Å². The molecule has 1 aromatic heterocycles. The second-order valence-electron chi connectivity index (χ2n) is 6.28. The highest BCUT2D eigenvalue weighted by Crippen LogP contribution is 2.29. The van der Waals surface area contributed by atoms with Crippen LogP contribution in [0.4, 0.5) is 5.69 Å². The molecule has 0 radical (unpaired) electrons. The molecular formula is C22H26N2. The van der Waals surface area contributed by atoms with Gasteiger partial charge in [-0.15, -0.1) is 0 Å². The molecule has 0 bridgehead atoms. The normalized spacial score (nSPS) is 11.2. The maximum Gasteiger partial charge on any atom is 0.0730 e. The van der Waals surface area contributed by atoms with Gasteiger partial charge >= 0.3 is 0 Å². The summed E-state index contributed by atoms with van der Waals surface area (Å²) in [6.07, 6.45) is 3.30. The number of hydrogen-bond donors (Lipinski definition) is 1. The van der Waals surface area contributed by atoms with E-state index in [0.717, 1.165) is 30.5 Å². The minimum atomic E-state index is 0.492. The third-order valence-corrected chi connectivity index (χ3v) is 4.72. The summed E-state index contributed by atoms with van der Waals surface area (Å²) < 4.78 is 0. The van der Waals surface area contributed by atoms with Crippen molar-refractivity contribution >= 4 is 16.6 Å². The van der Waals surface area contributed by atoms with Crippen molar-refractivity contribution in [1.29, 1.82) is 0 Å². The highest BCUT2D eigenvalue weighted by Gasteiger charge is 2.10. The van der Waals surface area contributed by atoms with Gasteiger partial charge in [0.1, 0.15) is 0 Å². The van der Waals surface area contributed by atoms with Crippen LogP contribution in [0.15, 0.2) is 54.6 Å². The number of fused-ring (bicyclic) bond motifs is 1. The number of hydrogen-bond acceptors (Lipinski definition) is 2. The molecule has 0 unspecified atom stereocenters. The summed E-state index contributed by atoms with van der Waals surface area (Å²) in [5.74, 6) is 0. The first-order valence-electron chi connectivity index (χ1n) is 9.00. The molecule has 124 valence electrons. The van der Waals surface area contributed by atoms with Crippen LogP contribution in [-0.4, -0.2) is 11.0 Å². The lowest BCUT2D eigenvalue weighted by Gasteiger charge is -2.19. The zero-order valence-corrected chi connectivity index (χ0v) is 14.8. The van der Waals surface area contributed by atoms with Crippen LogP contribution < -0.4 is 5.32 Å². The molecule has 3 aromatic rings. The summed E-state index contributed by atoms with van der Waals surface area (Å²) in [6, 6.07) is 19.8. The summed E-state index contributed by atoms with van der Waals surface area (Å²) in [5.41, 5.74) is 5.79. The Bertz CT molecular complexity index is 802. The van der Waals surface area contributed by atoms with Crippen molar-refractivity contribution in [1.82, 2.24) is 4.98 Å². The molecule has 2 nitrogen and oxygen atoms in total. The van der Waals surface area contributed by atoms with Gasteiger partial charge < -0.3 is 5.32 Å². The number of nitrogens with zero attached hydrogens (tertiary/aromatic N) is 1. The fraction of sp³-hybridized carbons (Fsp3) is 0.318. The molecule has 0 saturated carbocycles. The summed E-state index contributed by atoms with van der Waals surface area (Å²) in [7, 11) is 0. The maximum atomic E-state index is 4.88. The molecule has 1 heterocycles. The first-order valence-corrected chi connectivity index (χ1v) is 9.00. The summed E-state index contributed by atoms with van der Waals surface area (Å²) in [4.78, 5) is 4.88. The van der Waals surface area contributed by atoms with Crippen LogP contribution in [0.3, 0.4) is 0 Å². The van der Waals surface area contributed by atoms with E-state index in [2.05, 4.69) is 80.7 Å². The second-order valence-corrected chi connectivity index (χ2v) is 6.28. The Kier molecular flexibility index (Phi) is 5.14. The van der Waals surface area contributed by atoms with Gasteiger partial charge in [0.05, 0.1) is 11.2 Å². The van der Waals surface area contributed by atoms with Gasteiger partial charge in [-0.2, -0.15) is 0 Å². The van der Waals surface area contributed by atoms with Crippen molar-refractivity contribution in [3.05, 3.63) is 60.2 Å². The molecule has 3 rings (SSSR count). The minimum absolute atomic E-state index is 0.492. The van der Waals surface area contributed by atoms with Crippen molar-refractivity contribution in [2.24, 2.45) is 0 Å². The van der Waals surface area contributed by atoms with Crippen LogP contribution in [0.5, 0.6) is 0 Å². The van der Waals surface area contributed by atoms with Crippen molar-refractivity contribution in [2.75, 3.05) is 5.32 Å². The van der Waals surface area contributed by atoms with Crippen LogP contribution >= 0.6 is 0 Å². The molecular weight excluding hydrogens is 292 g/mol. The van der Waals surface area contributed by atoms with Crippen LogP contribution in [0.2, 0.25) is 0 Å². The third-order valence-electron chi connectivity index (χ3n) is 4.72. The van der Waals surface area contributed by atoms with Gasteiger partial charge in [0.25, 0.3) is 0 Å². The Balaban J connectivity index is 2.08. The lowest BCUT2D eigenvalue weighted by Crippen LogP contribution is -2.17. The summed E-state index contributed by atoms with van der Waals surface area (Å²) >= 11 is 0. The average molecular weight is 318 g/mol. The monoisotopic (exact) mass is 318 g/mol. The van der Waals surface area contributed by atoms with E-state index in [9.17, 15) is 0 Å². The highest BCUT2D eigenvalue weighted by molar-refractivity contribution is 5.93. The number of aryl methyl sites for hydroxylation is 1. The number of benzene rings is 2. The molecule has 0 amide bonds. The molecule has 2 heteroatoms. The highest BCUT2D eigenvalue weighted by atomic mass is 14.9. The molecule has 0 aliphatic heterocycles. The van der Waals surface area contributed by atoms with Gasteiger partial charge in [-0.05, 0) is 37.0 Å². The Morgan fingerprint density at radius 3 is 2.29 bits per heavy atom. The first kappa shape index (κ1) is 16.5. The van der Waals surface area contributed by atoms with Crippen molar-refractivity contribution in [3.63, 3.8) is 0 Å². The number of pyridine rings is 1. The number of rotatable bonds is 6. The van der Waals surface area contributed by atoms with Crippen LogP contribution in [0, 0.1) is 0 Å². The zero-order valence-electron chi connectivity index (χ0n) is 14.8. The molecule has 0 spiro atoms. The van der Waals surface area contributed by atoms with E-state index in [1.807, 2.05) is 0 Å². The van der Waals surface area contributed by atoms with E-state index in [4.69, 9.17) is 4.98 Å². The van der Waals surface area contributed by atoms with Crippen LogP contribution in [0.25, 0.3) is 22.2 Å².